The van der Waals surface area contributed by atoms with Crippen molar-refractivity contribution in [2.24, 2.45) is 11.8 Å². The molecule has 0 heterocycles. The van der Waals surface area contributed by atoms with E-state index in [9.17, 15) is 23.1 Å². The molecule has 0 atom stereocenters. The molecule has 0 spiro atoms. The van der Waals surface area contributed by atoms with Crippen molar-refractivity contribution in [3.63, 3.8) is 0 Å². The number of carboxylic acids is 1. The SMILES string of the molecule is O=C([O-])C1CCC(C(=O)OS(=O)(=O)O)CC1.[Na+]. The predicted molar refractivity (Wildman–Crippen MR) is 48.1 cm³/mol. The van der Waals surface area contributed by atoms with Gasteiger partial charge in [0.2, 0.25) is 0 Å². The number of aliphatic carboxylic acids is 1. The van der Waals surface area contributed by atoms with E-state index in [1.165, 1.54) is 0 Å². The Balaban J connectivity index is 0.00000256. The number of rotatable bonds is 3. The maximum Gasteiger partial charge on any atom is 1.00 e. The van der Waals surface area contributed by atoms with Crippen LogP contribution in [0.25, 0.3) is 0 Å². The van der Waals surface area contributed by atoms with Crippen molar-refractivity contribution in [3.05, 3.63) is 0 Å². The maximum absolute atomic E-state index is 11.2. The van der Waals surface area contributed by atoms with Gasteiger partial charge in [-0.15, -0.1) is 0 Å². The maximum atomic E-state index is 11.2. The van der Waals surface area contributed by atoms with Gasteiger partial charge in [0.15, 0.2) is 0 Å². The van der Waals surface area contributed by atoms with Crippen molar-refractivity contribution < 1.29 is 61.4 Å². The number of carboxylic acid groups (broad SMARTS) is 1. The van der Waals surface area contributed by atoms with Gasteiger partial charge in [-0.25, -0.2) is 0 Å². The van der Waals surface area contributed by atoms with E-state index in [0.29, 0.717) is 0 Å². The number of carbonyl (C=O) groups is 2. The van der Waals surface area contributed by atoms with E-state index < -0.39 is 34.2 Å². The monoisotopic (exact) mass is 274 g/mol. The van der Waals surface area contributed by atoms with E-state index in [1.807, 2.05) is 0 Å². The van der Waals surface area contributed by atoms with Crippen molar-refractivity contribution in [1.82, 2.24) is 0 Å². The van der Waals surface area contributed by atoms with Gasteiger partial charge in [-0.05, 0) is 31.6 Å². The van der Waals surface area contributed by atoms with Crippen LogP contribution in [0.2, 0.25) is 0 Å². The smallest absolute Gasteiger partial charge is 0.550 e. The summed E-state index contributed by atoms with van der Waals surface area (Å²) < 4.78 is 32.6. The molecule has 0 aliphatic heterocycles. The summed E-state index contributed by atoms with van der Waals surface area (Å²) >= 11 is 0. The molecule has 1 rings (SSSR count). The minimum Gasteiger partial charge on any atom is -0.550 e. The summed E-state index contributed by atoms with van der Waals surface area (Å²) in [6.45, 7) is 0. The molecule has 0 aromatic rings. The molecule has 0 saturated heterocycles. The fourth-order valence-corrected chi connectivity index (χ4v) is 2.08. The van der Waals surface area contributed by atoms with Crippen molar-refractivity contribution in [2.45, 2.75) is 25.7 Å². The van der Waals surface area contributed by atoms with E-state index in [1.54, 1.807) is 0 Å². The van der Waals surface area contributed by atoms with Crippen LogP contribution in [0.3, 0.4) is 0 Å². The summed E-state index contributed by atoms with van der Waals surface area (Å²) in [7, 11) is -4.78. The van der Waals surface area contributed by atoms with Gasteiger partial charge in [-0.1, -0.05) is 0 Å². The molecular formula is C8H11NaO7S. The summed E-state index contributed by atoms with van der Waals surface area (Å²) in [6, 6.07) is 0. The van der Waals surface area contributed by atoms with Gasteiger partial charge >= 0.3 is 45.9 Å². The quantitative estimate of drug-likeness (QED) is 0.410. The molecule has 1 N–H and O–H groups in total. The first kappa shape index (κ1) is 16.9. The molecule has 7 nitrogen and oxygen atoms in total. The van der Waals surface area contributed by atoms with Crippen LogP contribution >= 0.6 is 0 Å². The summed E-state index contributed by atoms with van der Waals surface area (Å²) in [5.41, 5.74) is 0. The number of hydrogen-bond acceptors (Lipinski definition) is 6. The van der Waals surface area contributed by atoms with Gasteiger partial charge in [-0.3, -0.25) is 9.35 Å². The largest absolute Gasteiger partial charge is 1.00 e. The van der Waals surface area contributed by atoms with Crippen molar-refractivity contribution >= 4 is 22.3 Å². The standard InChI is InChI=1S/C8H12O7S.Na/c9-7(10)5-1-3-6(4-2-5)8(11)15-16(12,13)14;/h5-6H,1-4H2,(H,9,10)(H,12,13,14);/q;+1/p-1. The molecule has 92 valence electrons. The molecule has 1 aliphatic rings. The Labute approximate surface area is 121 Å². The summed E-state index contributed by atoms with van der Waals surface area (Å²) in [6.07, 6.45) is 0.918. The molecule has 1 saturated carbocycles. The Morgan fingerprint density at radius 1 is 1.12 bits per heavy atom. The van der Waals surface area contributed by atoms with Crippen LogP contribution in [0.4, 0.5) is 0 Å². The van der Waals surface area contributed by atoms with Crippen LogP contribution in [0.15, 0.2) is 0 Å². The Bertz CT molecular complexity index is 383. The molecular weight excluding hydrogens is 263 g/mol. The minimum atomic E-state index is -4.78. The van der Waals surface area contributed by atoms with Gasteiger partial charge in [0, 0.05) is 5.97 Å². The van der Waals surface area contributed by atoms with Crippen molar-refractivity contribution in [3.8, 4) is 0 Å². The van der Waals surface area contributed by atoms with E-state index in [2.05, 4.69) is 4.18 Å². The van der Waals surface area contributed by atoms with E-state index >= 15 is 0 Å². The Morgan fingerprint density at radius 3 is 1.88 bits per heavy atom. The van der Waals surface area contributed by atoms with Crippen LogP contribution in [0.5, 0.6) is 0 Å². The molecule has 0 aromatic heterocycles. The molecule has 9 heteroatoms. The average Bonchev–Trinajstić information content (AvgIpc) is 2.15. The second-order valence-electron chi connectivity index (χ2n) is 3.70. The zero-order valence-electron chi connectivity index (χ0n) is 9.29. The fourth-order valence-electron chi connectivity index (χ4n) is 1.74. The van der Waals surface area contributed by atoms with Gasteiger partial charge in [0.05, 0.1) is 5.92 Å². The van der Waals surface area contributed by atoms with Crippen LogP contribution in [0, 0.1) is 11.8 Å². The van der Waals surface area contributed by atoms with Crippen molar-refractivity contribution in [2.75, 3.05) is 0 Å². The Kier molecular flexibility index (Phi) is 6.64. The van der Waals surface area contributed by atoms with Gasteiger partial charge < -0.3 is 14.1 Å². The third-order valence-electron chi connectivity index (χ3n) is 2.58. The Morgan fingerprint density at radius 2 is 1.53 bits per heavy atom. The normalized spacial score (nSPS) is 24.5. The van der Waals surface area contributed by atoms with Crippen LogP contribution in [-0.4, -0.2) is 24.9 Å². The topological polar surface area (TPSA) is 121 Å². The minimum absolute atomic E-state index is 0. The Hall–Kier alpha value is -0.150. The average molecular weight is 274 g/mol. The fraction of sp³-hybridized carbons (Fsp3) is 0.750. The molecule has 0 aromatic carbocycles. The molecule has 17 heavy (non-hydrogen) atoms. The van der Waals surface area contributed by atoms with Crippen LogP contribution in [0.1, 0.15) is 25.7 Å². The first-order chi connectivity index (χ1) is 7.29. The van der Waals surface area contributed by atoms with E-state index in [4.69, 9.17) is 4.55 Å². The third kappa shape index (κ3) is 5.82. The predicted octanol–water partition coefficient (Wildman–Crippen LogP) is -4.11. The third-order valence-corrected chi connectivity index (χ3v) is 2.96. The zero-order chi connectivity index (χ0) is 12.3. The first-order valence-electron chi connectivity index (χ1n) is 4.71. The molecule has 0 unspecified atom stereocenters. The van der Waals surface area contributed by atoms with Gasteiger partial charge in [0.1, 0.15) is 0 Å². The molecule has 0 radical (unpaired) electrons. The van der Waals surface area contributed by atoms with Crippen LogP contribution in [-0.2, 0) is 24.2 Å². The summed E-state index contributed by atoms with van der Waals surface area (Å²) in [5, 5.41) is 10.5. The van der Waals surface area contributed by atoms with Gasteiger partial charge in [-0.2, -0.15) is 8.42 Å². The summed E-state index contributed by atoms with van der Waals surface area (Å²) in [4.78, 5) is 21.7. The number of hydrogen-bond donors (Lipinski definition) is 1. The zero-order valence-corrected chi connectivity index (χ0v) is 12.1. The van der Waals surface area contributed by atoms with Crippen molar-refractivity contribution in [1.29, 1.82) is 0 Å². The molecule has 0 amide bonds. The molecule has 0 bridgehead atoms. The molecule has 1 fully saturated rings. The van der Waals surface area contributed by atoms with E-state index in [-0.39, 0.29) is 55.2 Å². The molecule has 1 aliphatic carbocycles. The first-order valence-corrected chi connectivity index (χ1v) is 6.07. The second-order valence-corrected chi connectivity index (χ2v) is 4.72. The second kappa shape index (κ2) is 6.69. The van der Waals surface area contributed by atoms with Crippen LogP contribution < -0.4 is 34.7 Å². The summed E-state index contributed by atoms with van der Waals surface area (Å²) in [5.74, 6) is -3.49. The van der Waals surface area contributed by atoms with Gasteiger partial charge in [0.25, 0.3) is 0 Å². The number of carbonyl (C=O) groups excluding carboxylic acids is 2. The van der Waals surface area contributed by atoms with E-state index in [0.717, 1.165) is 0 Å².